The quantitative estimate of drug-likeness (QED) is 0.771. The predicted molar refractivity (Wildman–Crippen MR) is 96.5 cm³/mol. The number of nitrogens with zero attached hydrogens (tertiary/aromatic N) is 2. The van der Waals surface area contributed by atoms with E-state index in [1.165, 1.54) is 5.56 Å². The molecule has 128 valence electrons. The van der Waals surface area contributed by atoms with Gasteiger partial charge in [0.05, 0.1) is 12.8 Å². The van der Waals surface area contributed by atoms with E-state index in [9.17, 15) is 4.79 Å². The highest BCUT2D eigenvalue weighted by molar-refractivity contribution is 5.90. The Morgan fingerprint density at radius 2 is 1.72 bits per heavy atom. The van der Waals surface area contributed by atoms with Crippen LogP contribution in [0, 0.1) is 20.8 Å². The van der Waals surface area contributed by atoms with Crippen molar-refractivity contribution in [3.8, 4) is 0 Å². The molecule has 5 heteroatoms. The van der Waals surface area contributed by atoms with E-state index in [4.69, 9.17) is 4.42 Å². The first kappa shape index (κ1) is 16.9. The second kappa shape index (κ2) is 7.30. The van der Waals surface area contributed by atoms with Gasteiger partial charge in [0.1, 0.15) is 0 Å². The highest BCUT2D eigenvalue weighted by atomic mass is 16.4. The molecule has 0 atom stereocenters. The molecule has 0 aliphatic heterocycles. The van der Waals surface area contributed by atoms with Crippen LogP contribution in [0.5, 0.6) is 0 Å². The summed E-state index contributed by atoms with van der Waals surface area (Å²) in [4.78, 5) is 12.2. The van der Waals surface area contributed by atoms with Crippen LogP contribution < -0.4 is 5.32 Å². The third-order valence-corrected chi connectivity index (χ3v) is 4.04. The maximum atomic E-state index is 12.2. The minimum atomic E-state index is -0.167. The minimum Gasteiger partial charge on any atom is -0.407 e. The van der Waals surface area contributed by atoms with Gasteiger partial charge in [0.25, 0.3) is 0 Å². The van der Waals surface area contributed by atoms with Crippen LogP contribution in [-0.4, -0.2) is 16.1 Å². The summed E-state index contributed by atoms with van der Waals surface area (Å²) in [5.41, 5.74) is 5.51. The summed E-state index contributed by atoms with van der Waals surface area (Å²) >= 11 is 0. The standard InChI is InChI=1S/C20H21N3O2/c1-13-5-8-16(9-6-13)11-19-22-23-20(25-19)21-18(24)12-17-10-14(2)4-7-15(17)3/h4-10H,11-12H2,1-3H3,(H,21,23,24). The fourth-order valence-electron chi connectivity index (χ4n) is 2.58. The molecule has 0 saturated heterocycles. The Kier molecular flexibility index (Phi) is 4.93. The third kappa shape index (κ3) is 4.53. The molecule has 0 unspecified atom stereocenters. The van der Waals surface area contributed by atoms with Crippen LogP contribution in [0.3, 0.4) is 0 Å². The van der Waals surface area contributed by atoms with Crippen molar-refractivity contribution in [3.05, 3.63) is 76.2 Å². The van der Waals surface area contributed by atoms with Crippen LogP contribution in [-0.2, 0) is 17.6 Å². The van der Waals surface area contributed by atoms with Gasteiger partial charge in [0.2, 0.25) is 11.8 Å². The van der Waals surface area contributed by atoms with Gasteiger partial charge >= 0.3 is 6.01 Å². The van der Waals surface area contributed by atoms with E-state index in [1.807, 2.05) is 63.2 Å². The molecule has 1 N–H and O–H groups in total. The van der Waals surface area contributed by atoms with Crippen LogP contribution in [0.2, 0.25) is 0 Å². The molecule has 0 fully saturated rings. The van der Waals surface area contributed by atoms with E-state index < -0.39 is 0 Å². The summed E-state index contributed by atoms with van der Waals surface area (Å²) in [6, 6.07) is 14.3. The van der Waals surface area contributed by atoms with Crippen LogP contribution in [0.15, 0.2) is 46.9 Å². The molecule has 0 saturated carbocycles. The average Bonchev–Trinajstić information content (AvgIpc) is 3.00. The van der Waals surface area contributed by atoms with E-state index in [-0.39, 0.29) is 18.3 Å². The number of nitrogens with one attached hydrogen (secondary N) is 1. The lowest BCUT2D eigenvalue weighted by molar-refractivity contribution is -0.115. The highest BCUT2D eigenvalue weighted by Gasteiger charge is 2.12. The predicted octanol–water partition coefficient (Wildman–Crippen LogP) is 3.77. The Morgan fingerprint density at radius 1 is 1.00 bits per heavy atom. The molecule has 25 heavy (non-hydrogen) atoms. The number of aromatic nitrogens is 2. The first-order valence-corrected chi connectivity index (χ1v) is 8.23. The lowest BCUT2D eigenvalue weighted by Crippen LogP contribution is -2.15. The maximum Gasteiger partial charge on any atom is 0.322 e. The molecule has 2 aromatic carbocycles. The average molecular weight is 335 g/mol. The minimum absolute atomic E-state index is 0.136. The molecule has 5 nitrogen and oxygen atoms in total. The van der Waals surface area contributed by atoms with Gasteiger partial charge in [-0.15, -0.1) is 5.10 Å². The van der Waals surface area contributed by atoms with E-state index in [0.717, 1.165) is 22.3 Å². The zero-order valence-corrected chi connectivity index (χ0v) is 14.7. The topological polar surface area (TPSA) is 68.0 Å². The smallest absolute Gasteiger partial charge is 0.322 e. The zero-order valence-electron chi connectivity index (χ0n) is 14.7. The molecular formula is C20H21N3O2. The Morgan fingerprint density at radius 3 is 2.48 bits per heavy atom. The monoisotopic (exact) mass is 335 g/mol. The normalized spacial score (nSPS) is 10.7. The largest absolute Gasteiger partial charge is 0.407 e. The Bertz CT molecular complexity index is 882. The zero-order chi connectivity index (χ0) is 17.8. The first-order valence-electron chi connectivity index (χ1n) is 8.23. The van der Waals surface area contributed by atoms with Gasteiger partial charge in [-0.1, -0.05) is 58.7 Å². The molecule has 3 rings (SSSR count). The van der Waals surface area contributed by atoms with Crippen molar-refractivity contribution in [3.63, 3.8) is 0 Å². The first-order chi connectivity index (χ1) is 12.0. The number of hydrogen-bond donors (Lipinski definition) is 1. The third-order valence-electron chi connectivity index (χ3n) is 4.04. The van der Waals surface area contributed by atoms with E-state index >= 15 is 0 Å². The van der Waals surface area contributed by atoms with Crippen molar-refractivity contribution in [2.24, 2.45) is 0 Å². The number of benzene rings is 2. The lowest BCUT2D eigenvalue weighted by Gasteiger charge is -2.06. The van der Waals surface area contributed by atoms with Gasteiger partial charge in [-0.3, -0.25) is 10.1 Å². The van der Waals surface area contributed by atoms with Crippen molar-refractivity contribution in [2.75, 3.05) is 5.32 Å². The van der Waals surface area contributed by atoms with Gasteiger partial charge < -0.3 is 4.42 Å². The van der Waals surface area contributed by atoms with Crippen LogP contribution in [0.1, 0.15) is 33.7 Å². The second-order valence-electron chi connectivity index (χ2n) is 6.32. The van der Waals surface area contributed by atoms with Gasteiger partial charge in [0.15, 0.2) is 0 Å². The number of carbonyl (C=O) groups excluding carboxylic acids is 1. The number of amides is 1. The lowest BCUT2D eigenvalue weighted by atomic mass is 10.0. The fourth-order valence-corrected chi connectivity index (χ4v) is 2.58. The fraction of sp³-hybridized carbons (Fsp3) is 0.250. The number of carbonyl (C=O) groups is 1. The molecule has 1 amide bonds. The molecular weight excluding hydrogens is 314 g/mol. The van der Waals surface area contributed by atoms with E-state index in [1.54, 1.807) is 0 Å². The summed E-state index contributed by atoms with van der Waals surface area (Å²) in [6.45, 7) is 6.05. The molecule has 1 heterocycles. The summed E-state index contributed by atoms with van der Waals surface area (Å²) in [5, 5.41) is 10.6. The Balaban J connectivity index is 1.61. The molecule has 1 aromatic heterocycles. The Labute approximate surface area is 147 Å². The van der Waals surface area contributed by atoms with Crippen LogP contribution in [0.25, 0.3) is 0 Å². The highest BCUT2D eigenvalue weighted by Crippen LogP contribution is 2.14. The van der Waals surface area contributed by atoms with Crippen molar-refractivity contribution in [2.45, 2.75) is 33.6 Å². The number of hydrogen-bond acceptors (Lipinski definition) is 4. The summed E-state index contributed by atoms with van der Waals surface area (Å²) in [6.07, 6.45) is 0.823. The second-order valence-corrected chi connectivity index (χ2v) is 6.32. The van der Waals surface area contributed by atoms with E-state index in [2.05, 4.69) is 15.5 Å². The summed E-state index contributed by atoms with van der Waals surface area (Å²) in [7, 11) is 0. The number of anilines is 1. The van der Waals surface area contributed by atoms with Crippen molar-refractivity contribution in [1.82, 2.24) is 10.2 Å². The molecule has 0 aliphatic rings. The molecule has 0 radical (unpaired) electrons. The van der Waals surface area contributed by atoms with Gasteiger partial charge in [-0.05, 0) is 37.5 Å². The number of rotatable bonds is 5. The maximum absolute atomic E-state index is 12.2. The van der Waals surface area contributed by atoms with Crippen molar-refractivity contribution in [1.29, 1.82) is 0 Å². The Hall–Kier alpha value is -2.95. The van der Waals surface area contributed by atoms with Crippen molar-refractivity contribution < 1.29 is 9.21 Å². The summed E-state index contributed by atoms with van der Waals surface area (Å²) < 4.78 is 5.53. The molecule has 0 bridgehead atoms. The summed E-state index contributed by atoms with van der Waals surface area (Å²) in [5.74, 6) is 0.310. The van der Waals surface area contributed by atoms with Crippen LogP contribution in [0.4, 0.5) is 6.01 Å². The molecule has 3 aromatic rings. The van der Waals surface area contributed by atoms with E-state index in [0.29, 0.717) is 12.3 Å². The molecule has 0 aliphatic carbocycles. The van der Waals surface area contributed by atoms with Gasteiger partial charge in [0, 0.05) is 0 Å². The van der Waals surface area contributed by atoms with Crippen molar-refractivity contribution >= 4 is 11.9 Å². The SMILES string of the molecule is Cc1ccc(Cc2nnc(NC(=O)Cc3cc(C)ccc3C)o2)cc1. The number of aryl methyl sites for hydroxylation is 3. The van der Waals surface area contributed by atoms with Gasteiger partial charge in [-0.2, -0.15) is 0 Å². The van der Waals surface area contributed by atoms with Gasteiger partial charge in [-0.25, -0.2) is 0 Å². The van der Waals surface area contributed by atoms with Crippen LogP contribution >= 0.6 is 0 Å². The molecule has 0 spiro atoms.